The molecule has 0 aliphatic heterocycles. The number of H-pyrrole nitrogens is 1. The second-order valence-corrected chi connectivity index (χ2v) is 5.91. The molecule has 0 saturated heterocycles. The van der Waals surface area contributed by atoms with Crippen LogP contribution in [0.5, 0.6) is 17.2 Å². The highest BCUT2D eigenvalue weighted by atomic mass is 35.5. The minimum Gasteiger partial charge on any atom is -0.503 e. The molecule has 0 atom stereocenters. The molecule has 0 spiro atoms. The van der Waals surface area contributed by atoms with E-state index in [1.807, 2.05) is 0 Å². The van der Waals surface area contributed by atoms with E-state index >= 15 is 0 Å². The number of benzene rings is 2. The third-order valence-corrected chi connectivity index (χ3v) is 4.00. The lowest BCUT2D eigenvalue weighted by atomic mass is 10.1. The van der Waals surface area contributed by atoms with Gasteiger partial charge < -0.3 is 14.6 Å². The molecule has 9 nitrogen and oxygen atoms in total. The summed E-state index contributed by atoms with van der Waals surface area (Å²) in [6.45, 7) is 0. The minimum absolute atomic E-state index is 0.0651. The fraction of sp³-hybridized carbons (Fsp3) is 0.111. The minimum atomic E-state index is -0.424. The maximum absolute atomic E-state index is 12.3. The molecule has 144 valence electrons. The van der Waals surface area contributed by atoms with Gasteiger partial charge in [-0.3, -0.25) is 9.78 Å². The normalized spacial score (nSPS) is 10.8. The van der Waals surface area contributed by atoms with Crippen LogP contribution in [-0.2, 0) is 0 Å². The Labute approximate surface area is 164 Å². The Morgan fingerprint density at radius 1 is 1.18 bits per heavy atom. The molecule has 28 heavy (non-hydrogen) atoms. The Morgan fingerprint density at radius 3 is 2.57 bits per heavy atom. The molecule has 0 saturated carbocycles. The first-order valence-corrected chi connectivity index (χ1v) is 8.36. The van der Waals surface area contributed by atoms with Crippen molar-refractivity contribution >= 4 is 23.8 Å². The van der Waals surface area contributed by atoms with Crippen molar-refractivity contribution in [1.82, 2.24) is 15.2 Å². The van der Waals surface area contributed by atoms with Crippen molar-refractivity contribution in [3.05, 3.63) is 57.3 Å². The molecule has 0 bridgehead atoms. The van der Waals surface area contributed by atoms with Crippen molar-refractivity contribution in [1.29, 1.82) is 0 Å². The summed E-state index contributed by atoms with van der Waals surface area (Å²) in [5, 5.41) is 21.7. The predicted octanol–water partition coefficient (Wildman–Crippen LogP) is 2.65. The third kappa shape index (κ3) is 4.21. The summed E-state index contributed by atoms with van der Waals surface area (Å²) in [6.07, 6.45) is 1.42. The zero-order valence-electron chi connectivity index (χ0n) is 14.9. The molecular weight excluding hydrogens is 386 g/mol. The largest absolute Gasteiger partial charge is 0.503 e. The fourth-order valence-electron chi connectivity index (χ4n) is 2.32. The van der Waals surface area contributed by atoms with Crippen LogP contribution in [0.1, 0.15) is 5.56 Å². The number of nitrogens with zero attached hydrogens (tertiary/aromatic N) is 3. The zero-order chi connectivity index (χ0) is 20.1. The molecule has 1 heterocycles. The van der Waals surface area contributed by atoms with E-state index in [1.165, 1.54) is 19.4 Å². The van der Waals surface area contributed by atoms with E-state index in [-0.39, 0.29) is 28.2 Å². The van der Waals surface area contributed by atoms with Gasteiger partial charge in [0.1, 0.15) is 5.75 Å². The first-order valence-electron chi connectivity index (χ1n) is 7.99. The van der Waals surface area contributed by atoms with E-state index in [9.17, 15) is 9.90 Å². The van der Waals surface area contributed by atoms with Crippen molar-refractivity contribution < 1.29 is 14.6 Å². The van der Waals surface area contributed by atoms with E-state index in [2.05, 4.69) is 25.7 Å². The summed E-state index contributed by atoms with van der Waals surface area (Å²) in [6, 6.07) is 9.93. The van der Waals surface area contributed by atoms with E-state index in [4.69, 9.17) is 21.1 Å². The number of phenolic OH excluding ortho intramolecular Hbond substituents is 1. The molecule has 3 aromatic rings. The highest BCUT2D eigenvalue weighted by molar-refractivity contribution is 6.32. The first-order chi connectivity index (χ1) is 13.5. The number of hydrazone groups is 1. The smallest absolute Gasteiger partial charge is 0.279 e. The van der Waals surface area contributed by atoms with Crippen LogP contribution in [0.2, 0.25) is 5.02 Å². The summed E-state index contributed by atoms with van der Waals surface area (Å²) in [5.74, 6) is 0.798. The third-order valence-electron chi connectivity index (χ3n) is 3.72. The molecule has 0 radical (unpaired) electrons. The Bertz CT molecular complexity index is 1070. The first kappa shape index (κ1) is 19.2. The van der Waals surface area contributed by atoms with Gasteiger partial charge in [-0.2, -0.15) is 5.10 Å². The van der Waals surface area contributed by atoms with Crippen LogP contribution >= 0.6 is 11.6 Å². The second kappa shape index (κ2) is 8.40. The lowest BCUT2D eigenvalue weighted by Gasteiger charge is -2.06. The fourth-order valence-corrected chi connectivity index (χ4v) is 2.54. The van der Waals surface area contributed by atoms with Crippen molar-refractivity contribution in [3.63, 3.8) is 0 Å². The van der Waals surface area contributed by atoms with Crippen LogP contribution in [0.25, 0.3) is 11.3 Å². The number of methoxy groups -OCH3 is 2. The van der Waals surface area contributed by atoms with Gasteiger partial charge in [0, 0.05) is 5.56 Å². The van der Waals surface area contributed by atoms with Crippen LogP contribution in [0.4, 0.5) is 5.95 Å². The van der Waals surface area contributed by atoms with E-state index in [1.54, 1.807) is 37.4 Å². The molecule has 0 unspecified atom stereocenters. The number of hydrogen-bond acceptors (Lipinski definition) is 8. The maximum Gasteiger partial charge on any atom is 0.279 e. The van der Waals surface area contributed by atoms with Crippen molar-refractivity contribution in [3.8, 4) is 28.5 Å². The van der Waals surface area contributed by atoms with Crippen molar-refractivity contribution in [2.75, 3.05) is 19.6 Å². The molecule has 3 rings (SSSR count). The molecule has 0 amide bonds. The van der Waals surface area contributed by atoms with Crippen LogP contribution in [0, 0.1) is 0 Å². The van der Waals surface area contributed by atoms with Gasteiger partial charge in [0.05, 0.1) is 25.5 Å². The molecule has 3 N–H and O–H groups in total. The number of aromatic nitrogens is 3. The number of ether oxygens (including phenoxy) is 2. The average molecular weight is 402 g/mol. The van der Waals surface area contributed by atoms with Gasteiger partial charge in [-0.1, -0.05) is 11.6 Å². The van der Waals surface area contributed by atoms with Crippen molar-refractivity contribution in [2.45, 2.75) is 0 Å². The summed E-state index contributed by atoms with van der Waals surface area (Å²) < 4.78 is 10.1. The number of nitrogens with one attached hydrogen (secondary N) is 2. The van der Waals surface area contributed by atoms with Crippen LogP contribution in [0.15, 0.2) is 46.3 Å². The van der Waals surface area contributed by atoms with Crippen LogP contribution in [0.3, 0.4) is 0 Å². The lowest BCUT2D eigenvalue weighted by Crippen LogP contribution is -2.15. The van der Waals surface area contributed by atoms with Gasteiger partial charge in [-0.25, -0.2) is 5.43 Å². The summed E-state index contributed by atoms with van der Waals surface area (Å²) in [7, 11) is 2.97. The van der Waals surface area contributed by atoms with Crippen LogP contribution in [-0.4, -0.2) is 40.7 Å². The number of rotatable bonds is 6. The molecule has 2 aromatic carbocycles. The SMILES string of the molecule is COc1ccc(-c2nnc(N/N=C/c3cc(Cl)c(O)c(OC)c3)[nH]c2=O)cc1. The molecule has 10 heteroatoms. The predicted molar refractivity (Wildman–Crippen MR) is 106 cm³/mol. The highest BCUT2D eigenvalue weighted by Crippen LogP contribution is 2.34. The van der Waals surface area contributed by atoms with E-state index in [0.29, 0.717) is 16.9 Å². The number of halogens is 1. The molecule has 0 aliphatic carbocycles. The molecule has 0 fully saturated rings. The van der Waals surface area contributed by atoms with Gasteiger partial charge in [-0.05, 0) is 42.0 Å². The standard InChI is InChI=1S/C18H16ClN5O4/c1-27-12-5-3-11(4-6-12)15-17(26)21-18(24-22-15)23-20-9-10-7-13(19)16(25)14(8-10)28-2/h3-9,25H,1-2H3,(H2,21,23,24,26)/b20-9+. The van der Waals surface area contributed by atoms with E-state index in [0.717, 1.165) is 0 Å². The van der Waals surface area contributed by atoms with Gasteiger partial charge in [0.25, 0.3) is 5.56 Å². The number of aromatic hydroxyl groups is 1. The summed E-state index contributed by atoms with van der Waals surface area (Å²) >= 11 is 5.92. The molecule has 0 aliphatic rings. The maximum atomic E-state index is 12.3. The van der Waals surface area contributed by atoms with Gasteiger partial charge >= 0.3 is 0 Å². The van der Waals surface area contributed by atoms with Crippen molar-refractivity contribution in [2.24, 2.45) is 5.10 Å². The molecular formula is C18H16ClN5O4. The second-order valence-electron chi connectivity index (χ2n) is 5.50. The Morgan fingerprint density at radius 2 is 1.93 bits per heavy atom. The monoisotopic (exact) mass is 401 g/mol. The summed E-state index contributed by atoms with van der Waals surface area (Å²) in [4.78, 5) is 14.8. The number of phenols is 1. The Hall–Kier alpha value is -3.59. The Kier molecular flexibility index (Phi) is 5.75. The lowest BCUT2D eigenvalue weighted by molar-refractivity contribution is 0.373. The highest BCUT2D eigenvalue weighted by Gasteiger charge is 2.09. The molecule has 1 aromatic heterocycles. The van der Waals surface area contributed by atoms with Gasteiger partial charge in [0.2, 0.25) is 5.95 Å². The van der Waals surface area contributed by atoms with Gasteiger partial charge in [0.15, 0.2) is 17.2 Å². The zero-order valence-corrected chi connectivity index (χ0v) is 15.7. The number of aromatic amines is 1. The Balaban J connectivity index is 1.75. The van der Waals surface area contributed by atoms with E-state index < -0.39 is 5.56 Å². The number of anilines is 1. The van der Waals surface area contributed by atoms with Gasteiger partial charge in [-0.15, -0.1) is 10.2 Å². The summed E-state index contributed by atoms with van der Waals surface area (Å²) in [5.41, 5.74) is 3.50. The quantitative estimate of drug-likeness (QED) is 0.428. The topological polar surface area (TPSA) is 122 Å². The number of hydrogen-bond donors (Lipinski definition) is 3. The van der Waals surface area contributed by atoms with Crippen LogP contribution < -0.4 is 20.5 Å². The average Bonchev–Trinajstić information content (AvgIpc) is 2.71.